The zero-order valence-corrected chi connectivity index (χ0v) is 12.7. The van der Waals surface area contributed by atoms with Gasteiger partial charge in [0, 0.05) is 18.3 Å². The van der Waals surface area contributed by atoms with E-state index < -0.39 is 0 Å². The molecule has 0 aliphatic rings. The van der Waals surface area contributed by atoms with Gasteiger partial charge in [0.15, 0.2) is 0 Å². The standard InChI is InChI=1S/C16H17N3S/c1-10-5-4-6-12(7-10)9-14-18-15(17-3)13-8-11(2)20-16(13)19-14/h4-8H,9H2,1-3H3,(H,17,18,19). The zero-order valence-electron chi connectivity index (χ0n) is 11.9. The van der Waals surface area contributed by atoms with Crippen molar-refractivity contribution >= 4 is 27.4 Å². The smallest absolute Gasteiger partial charge is 0.138 e. The average molecular weight is 283 g/mol. The molecular formula is C16H17N3S. The molecular weight excluding hydrogens is 266 g/mol. The van der Waals surface area contributed by atoms with E-state index in [9.17, 15) is 0 Å². The summed E-state index contributed by atoms with van der Waals surface area (Å²) in [4.78, 5) is 11.7. The van der Waals surface area contributed by atoms with Crippen molar-refractivity contribution in [2.45, 2.75) is 20.3 Å². The van der Waals surface area contributed by atoms with Crippen LogP contribution in [0.15, 0.2) is 30.3 Å². The van der Waals surface area contributed by atoms with Crippen LogP contribution >= 0.6 is 11.3 Å². The Bertz CT molecular complexity index is 762. The summed E-state index contributed by atoms with van der Waals surface area (Å²) >= 11 is 1.72. The van der Waals surface area contributed by atoms with E-state index in [2.05, 4.69) is 54.5 Å². The summed E-state index contributed by atoms with van der Waals surface area (Å²) in [6.07, 6.45) is 0.767. The molecule has 3 rings (SSSR count). The molecule has 2 aromatic heterocycles. The molecule has 0 aliphatic carbocycles. The second kappa shape index (κ2) is 5.21. The number of anilines is 1. The van der Waals surface area contributed by atoms with Gasteiger partial charge in [0.1, 0.15) is 16.5 Å². The topological polar surface area (TPSA) is 37.8 Å². The maximum atomic E-state index is 4.70. The second-order valence-electron chi connectivity index (χ2n) is 4.98. The summed E-state index contributed by atoms with van der Waals surface area (Å²) in [6.45, 7) is 4.21. The van der Waals surface area contributed by atoms with Gasteiger partial charge in [0.25, 0.3) is 0 Å². The van der Waals surface area contributed by atoms with Crippen molar-refractivity contribution < 1.29 is 0 Å². The van der Waals surface area contributed by atoms with Crippen molar-refractivity contribution in [1.82, 2.24) is 9.97 Å². The molecule has 1 N–H and O–H groups in total. The van der Waals surface area contributed by atoms with Gasteiger partial charge < -0.3 is 5.32 Å². The number of hydrogen-bond donors (Lipinski definition) is 1. The predicted molar refractivity (Wildman–Crippen MR) is 85.7 cm³/mol. The summed E-state index contributed by atoms with van der Waals surface area (Å²) in [7, 11) is 1.91. The van der Waals surface area contributed by atoms with Crippen molar-refractivity contribution in [2.75, 3.05) is 12.4 Å². The Morgan fingerprint density at radius 2 is 2.00 bits per heavy atom. The largest absolute Gasteiger partial charge is 0.372 e. The molecule has 0 fully saturated rings. The van der Waals surface area contributed by atoms with E-state index in [1.165, 1.54) is 16.0 Å². The maximum absolute atomic E-state index is 4.70. The number of benzene rings is 1. The summed E-state index contributed by atoms with van der Waals surface area (Å²) in [5, 5.41) is 4.29. The minimum Gasteiger partial charge on any atom is -0.372 e. The van der Waals surface area contributed by atoms with Gasteiger partial charge in [-0.1, -0.05) is 29.8 Å². The van der Waals surface area contributed by atoms with E-state index in [4.69, 9.17) is 4.98 Å². The molecule has 0 amide bonds. The molecule has 1 aromatic carbocycles. The molecule has 0 unspecified atom stereocenters. The van der Waals surface area contributed by atoms with Gasteiger partial charge >= 0.3 is 0 Å². The lowest BCUT2D eigenvalue weighted by Crippen LogP contribution is -2.01. The molecule has 0 saturated carbocycles. The first-order valence-electron chi connectivity index (χ1n) is 6.66. The minimum atomic E-state index is 0.767. The van der Waals surface area contributed by atoms with Crippen LogP contribution in [0.1, 0.15) is 21.8 Å². The van der Waals surface area contributed by atoms with Crippen LogP contribution in [0.25, 0.3) is 10.2 Å². The molecule has 0 atom stereocenters. The summed E-state index contributed by atoms with van der Waals surface area (Å²) in [5.74, 6) is 1.79. The van der Waals surface area contributed by atoms with Gasteiger partial charge in [-0.05, 0) is 25.5 Å². The van der Waals surface area contributed by atoms with E-state index in [1.807, 2.05) is 7.05 Å². The van der Waals surface area contributed by atoms with Crippen LogP contribution in [0.5, 0.6) is 0 Å². The van der Waals surface area contributed by atoms with E-state index in [1.54, 1.807) is 11.3 Å². The lowest BCUT2D eigenvalue weighted by Gasteiger charge is -2.06. The lowest BCUT2D eigenvalue weighted by atomic mass is 10.1. The van der Waals surface area contributed by atoms with Crippen molar-refractivity contribution in [3.05, 3.63) is 52.2 Å². The molecule has 3 nitrogen and oxygen atoms in total. The van der Waals surface area contributed by atoms with Crippen LogP contribution in [-0.4, -0.2) is 17.0 Å². The van der Waals surface area contributed by atoms with Gasteiger partial charge in [0.2, 0.25) is 0 Å². The number of hydrogen-bond acceptors (Lipinski definition) is 4. The van der Waals surface area contributed by atoms with Gasteiger partial charge in [0.05, 0.1) is 5.39 Å². The number of aryl methyl sites for hydroxylation is 2. The molecule has 0 aliphatic heterocycles. The molecule has 0 bridgehead atoms. The van der Waals surface area contributed by atoms with Gasteiger partial charge in [-0.15, -0.1) is 11.3 Å². The highest BCUT2D eigenvalue weighted by Gasteiger charge is 2.10. The van der Waals surface area contributed by atoms with Crippen molar-refractivity contribution in [1.29, 1.82) is 0 Å². The van der Waals surface area contributed by atoms with Crippen LogP contribution in [-0.2, 0) is 6.42 Å². The second-order valence-corrected chi connectivity index (χ2v) is 6.21. The first-order valence-corrected chi connectivity index (χ1v) is 7.47. The molecule has 20 heavy (non-hydrogen) atoms. The van der Waals surface area contributed by atoms with Crippen LogP contribution in [0.4, 0.5) is 5.82 Å². The maximum Gasteiger partial charge on any atom is 0.138 e. The van der Waals surface area contributed by atoms with E-state index in [-0.39, 0.29) is 0 Å². The van der Waals surface area contributed by atoms with Crippen LogP contribution in [0.3, 0.4) is 0 Å². The van der Waals surface area contributed by atoms with Gasteiger partial charge in [-0.25, -0.2) is 9.97 Å². The molecule has 0 saturated heterocycles. The van der Waals surface area contributed by atoms with Crippen molar-refractivity contribution in [2.24, 2.45) is 0 Å². The average Bonchev–Trinajstić information content (AvgIpc) is 2.78. The first kappa shape index (κ1) is 13.1. The Hall–Kier alpha value is -1.94. The Balaban J connectivity index is 2.03. The highest BCUT2D eigenvalue weighted by molar-refractivity contribution is 7.18. The highest BCUT2D eigenvalue weighted by atomic mass is 32.1. The molecule has 4 heteroatoms. The molecule has 0 spiro atoms. The number of fused-ring (bicyclic) bond motifs is 1. The summed E-state index contributed by atoms with van der Waals surface area (Å²) in [5.41, 5.74) is 2.52. The Morgan fingerprint density at radius 1 is 1.15 bits per heavy atom. The van der Waals surface area contributed by atoms with E-state index in [0.29, 0.717) is 0 Å². The van der Waals surface area contributed by atoms with Crippen LogP contribution in [0.2, 0.25) is 0 Å². The van der Waals surface area contributed by atoms with Gasteiger partial charge in [-0.2, -0.15) is 0 Å². The number of nitrogens with zero attached hydrogens (tertiary/aromatic N) is 2. The van der Waals surface area contributed by atoms with Crippen molar-refractivity contribution in [3.63, 3.8) is 0 Å². The first-order chi connectivity index (χ1) is 9.65. The molecule has 3 aromatic rings. The number of aromatic nitrogens is 2. The quantitative estimate of drug-likeness (QED) is 0.791. The molecule has 2 heterocycles. The minimum absolute atomic E-state index is 0.767. The third-order valence-electron chi connectivity index (χ3n) is 3.24. The number of nitrogens with one attached hydrogen (secondary N) is 1. The van der Waals surface area contributed by atoms with E-state index >= 15 is 0 Å². The fourth-order valence-electron chi connectivity index (χ4n) is 2.36. The normalized spacial score (nSPS) is 10.9. The third-order valence-corrected chi connectivity index (χ3v) is 4.19. The fraction of sp³-hybridized carbons (Fsp3) is 0.250. The SMILES string of the molecule is CNc1nc(Cc2cccc(C)c2)nc2sc(C)cc12. The lowest BCUT2D eigenvalue weighted by molar-refractivity contribution is 0.996. The summed E-state index contributed by atoms with van der Waals surface area (Å²) in [6, 6.07) is 10.6. The number of thiophene rings is 1. The van der Waals surface area contributed by atoms with E-state index in [0.717, 1.165) is 28.3 Å². The van der Waals surface area contributed by atoms with Crippen LogP contribution in [0, 0.1) is 13.8 Å². The molecule has 102 valence electrons. The molecule has 0 radical (unpaired) electrons. The van der Waals surface area contributed by atoms with Crippen LogP contribution < -0.4 is 5.32 Å². The predicted octanol–water partition coefficient (Wildman–Crippen LogP) is 3.94. The number of rotatable bonds is 3. The Morgan fingerprint density at radius 3 is 2.75 bits per heavy atom. The third kappa shape index (κ3) is 2.51. The Labute approximate surface area is 122 Å². The van der Waals surface area contributed by atoms with Crippen molar-refractivity contribution in [3.8, 4) is 0 Å². The highest BCUT2D eigenvalue weighted by Crippen LogP contribution is 2.28. The Kier molecular flexibility index (Phi) is 3.40. The summed E-state index contributed by atoms with van der Waals surface area (Å²) < 4.78 is 0. The zero-order chi connectivity index (χ0) is 14.1. The fourth-order valence-corrected chi connectivity index (χ4v) is 3.26. The monoisotopic (exact) mass is 283 g/mol. The van der Waals surface area contributed by atoms with Gasteiger partial charge in [-0.3, -0.25) is 0 Å².